The molecule has 2 aliphatic heterocycles. The van der Waals surface area contributed by atoms with Crippen LogP contribution in [0, 0.1) is 17.8 Å². The Morgan fingerprint density at radius 2 is 1.74 bits per heavy atom. The topological polar surface area (TPSA) is 72.6 Å². The van der Waals surface area contributed by atoms with Crippen LogP contribution in [-0.4, -0.2) is 42.0 Å². The minimum Gasteiger partial charge on any atom is -0.381 e. The van der Waals surface area contributed by atoms with Crippen LogP contribution in [0.3, 0.4) is 0 Å². The summed E-state index contributed by atoms with van der Waals surface area (Å²) in [6, 6.07) is 0. The Balaban J connectivity index is 1.89. The first-order valence-electron chi connectivity index (χ1n) is 7.25. The quantitative estimate of drug-likeness (QED) is 0.740. The molecule has 2 heterocycles. The Morgan fingerprint density at radius 1 is 1.21 bits per heavy atom. The second-order valence-electron chi connectivity index (χ2n) is 6.34. The Bertz CT molecular complexity index is 379. The van der Waals surface area contributed by atoms with Crippen molar-refractivity contribution < 1.29 is 14.3 Å². The van der Waals surface area contributed by atoms with Crippen LogP contribution in [-0.2, 0) is 14.3 Å². The van der Waals surface area contributed by atoms with Gasteiger partial charge in [-0.3, -0.25) is 14.5 Å². The number of ether oxygens (including phenoxy) is 1. The van der Waals surface area contributed by atoms with Crippen LogP contribution in [0.2, 0.25) is 0 Å². The minimum absolute atomic E-state index is 0.0201. The fourth-order valence-corrected chi connectivity index (χ4v) is 4.02. The number of nitrogens with two attached hydrogens (primary N) is 1. The van der Waals surface area contributed by atoms with Gasteiger partial charge in [-0.25, -0.2) is 0 Å². The fraction of sp³-hybridized carbons (Fsp3) is 0.857. The molecule has 0 bridgehead atoms. The predicted octanol–water partition coefficient (Wildman–Crippen LogP) is 0.525. The first-order valence-corrected chi connectivity index (χ1v) is 7.25. The van der Waals surface area contributed by atoms with E-state index >= 15 is 0 Å². The van der Waals surface area contributed by atoms with Gasteiger partial charge in [0.05, 0.1) is 17.4 Å². The molecular weight excluding hydrogens is 244 g/mol. The van der Waals surface area contributed by atoms with Crippen LogP contribution in [0.4, 0.5) is 0 Å². The molecule has 3 fully saturated rings. The van der Waals surface area contributed by atoms with Gasteiger partial charge in [-0.1, -0.05) is 6.92 Å². The number of hydrogen-bond acceptors (Lipinski definition) is 4. The molecule has 3 rings (SSSR count). The SMILES string of the molecule is CC1CC2C(=O)N(C3(CN)CCOCC3)C(=O)C2C1. The highest BCUT2D eigenvalue weighted by Gasteiger charge is 2.57. The van der Waals surface area contributed by atoms with Crippen LogP contribution >= 0.6 is 0 Å². The molecule has 5 nitrogen and oxygen atoms in total. The molecule has 2 unspecified atom stereocenters. The smallest absolute Gasteiger partial charge is 0.233 e. The van der Waals surface area contributed by atoms with Gasteiger partial charge in [0.25, 0.3) is 0 Å². The third kappa shape index (κ3) is 1.82. The third-order valence-corrected chi connectivity index (χ3v) is 5.15. The molecule has 3 aliphatic rings. The summed E-state index contributed by atoms with van der Waals surface area (Å²) in [4.78, 5) is 26.8. The molecule has 0 aromatic heterocycles. The zero-order valence-electron chi connectivity index (χ0n) is 11.4. The summed E-state index contributed by atoms with van der Waals surface area (Å²) in [5.74, 6) is 0.342. The zero-order chi connectivity index (χ0) is 13.6. The molecule has 2 atom stereocenters. The average molecular weight is 266 g/mol. The number of carbonyl (C=O) groups is 2. The second kappa shape index (κ2) is 4.56. The van der Waals surface area contributed by atoms with Gasteiger partial charge in [-0.05, 0) is 31.6 Å². The highest BCUT2D eigenvalue weighted by molar-refractivity contribution is 6.06. The van der Waals surface area contributed by atoms with Crippen molar-refractivity contribution in [1.29, 1.82) is 0 Å². The van der Waals surface area contributed by atoms with E-state index in [1.807, 2.05) is 0 Å². The summed E-state index contributed by atoms with van der Waals surface area (Å²) in [5.41, 5.74) is 5.43. The van der Waals surface area contributed by atoms with Gasteiger partial charge in [0.2, 0.25) is 11.8 Å². The lowest BCUT2D eigenvalue weighted by molar-refractivity contribution is -0.151. The van der Waals surface area contributed by atoms with E-state index < -0.39 is 5.54 Å². The Labute approximate surface area is 113 Å². The molecule has 0 spiro atoms. The number of amides is 2. The van der Waals surface area contributed by atoms with E-state index in [1.54, 1.807) is 0 Å². The molecule has 0 aromatic carbocycles. The van der Waals surface area contributed by atoms with Crippen molar-refractivity contribution >= 4 is 11.8 Å². The lowest BCUT2D eigenvalue weighted by Gasteiger charge is -2.43. The van der Waals surface area contributed by atoms with E-state index in [4.69, 9.17) is 10.5 Å². The molecule has 0 aromatic rings. The number of fused-ring (bicyclic) bond motifs is 1. The molecular formula is C14H22N2O3. The molecule has 2 amide bonds. The summed E-state index contributed by atoms with van der Waals surface area (Å²) >= 11 is 0. The number of likely N-dealkylation sites (tertiary alicyclic amines) is 1. The van der Waals surface area contributed by atoms with Crippen LogP contribution in [0.1, 0.15) is 32.6 Å². The van der Waals surface area contributed by atoms with Crippen molar-refractivity contribution in [2.75, 3.05) is 19.8 Å². The van der Waals surface area contributed by atoms with Gasteiger partial charge in [-0.2, -0.15) is 0 Å². The van der Waals surface area contributed by atoms with E-state index in [9.17, 15) is 9.59 Å². The van der Waals surface area contributed by atoms with Crippen LogP contribution in [0.25, 0.3) is 0 Å². The number of imide groups is 1. The van der Waals surface area contributed by atoms with Crippen LogP contribution in [0.15, 0.2) is 0 Å². The van der Waals surface area contributed by atoms with Crippen molar-refractivity contribution in [1.82, 2.24) is 4.90 Å². The van der Waals surface area contributed by atoms with Gasteiger partial charge in [0.15, 0.2) is 0 Å². The highest BCUT2D eigenvalue weighted by Crippen LogP contribution is 2.46. The summed E-state index contributed by atoms with van der Waals surface area (Å²) in [5, 5.41) is 0. The van der Waals surface area contributed by atoms with Gasteiger partial charge in [-0.15, -0.1) is 0 Å². The molecule has 106 valence electrons. The first kappa shape index (κ1) is 13.1. The van der Waals surface area contributed by atoms with Crippen molar-refractivity contribution in [3.05, 3.63) is 0 Å². The van der Waals surface area contributed by atoms with Crippen molar-refractivity contribution in [2.45, 2.75) is 38.1 Å². The Kier molecular flexibility index (Phi) is 3.14. The van der Waals surface area contributed by atoms with E-state index in [0.717, 1.165) is 12.8 Å². The van der Waals surface area contributed by atoms with E-state index in [-0.39, 0.29) is 23.7 Å². The van der Waals surface area contributed by atoms with Gasteiger partial charge >= 0.3 is 0 Å². The second-order valence-corrected chi connectivity index (χ2v) is 6.34. The van der Waals surface area contributed by atoms with E-state index in [1.165, 1.54) is 4.90 Å². The molecule has 2 saturated heterocycles. The number of hydrogen-bond donors (Lipinski definition) is 1. The number of rotatable bonds is 2. The maximum Gasteiger partial charge on any atom is 0.233 e. The van der Waals surface area contributed by atoms with Crippen molar-refractivity contribution in [3.63, 3.8) is 0 Å². The first-order chi connectivity index (χ1) is 9.09. The maximum absolute atomic E-state index is 12.6. The zero-order valence-corrected chi connectivity index (χ0v) is 11.4. The summed E-state index contributed by atoms with van der Waals surface area (Å²) < 4.78 is 5.36. The lowest BCUT2D eigenvalue weighted by atomic mass is 9.87. The molecule has 2 N–H and O–H groups in total. The number of carbonyl (C=O) groups excluding carboxylic acids is 2. The largest absolute Gasteiger partial charge is 0.381 e. The molecule has 19 heavy (non-hydrogen) atoms. The number of nitrogens with zero attached hydrogens (tertiary/aromatic N) is 1. The monoisotopic (exact) mass is 266 g/mol. The Morgan fingerprint density at radius 3 is 2.21 bits per heavy atom. The van der Waals surface area contributed by atoms with E-state index in [0.29, 0.717) is 38.5 Å². The molecule has 5 heteroatoms. The molecule has 0 radical (unpaired) electrons. The molecule has 1 aliphatic carbocycles. The van der Waals surface area contributed by atoms with Gasteiger partial charge < -0.3 is 10.5 Å². The summed E-state index contributed by atoms with van der Waals surface area (Å²) in [7, 11) is 0. The maximum atomic E-state index is 12.6. The summed E-state index contributed by atoms with van der Waals surface area (Å²) in [6.45, 7) is 3.64. The lowest BCUT2D eigenvalue weighted by Crippen LogP contribution is -2.59. The molecule has 1 saturated carbocycles. The Hall–Kier alpha value is -0.940. The predicted molar refractivity (Wildman–Crippen MR) is 69.1 cm³/mol. The van der Waals surface area contributed by atoms with Crippen LogP contribution in [0.5, 0.6) is 0 Å². The normalized spacial score (nSPS) is 37.8. The van der Waals surface area contributed by atoms with Crippen LogP contribution < -0.4 is 5.73 Å². The van der Waals surface area contributed by atoms with Gasteiger partial charge in [0, 0.05) is 19.8 Å². The van der Waals surface area contributed by atoms with Crippen molar-refractivity contribution in [2.24, 2.45) is 23.5 Å². The summed E-state index contributed by atoms with van der Waals surface area (Å²) in [6.07, 6.45) is 3.05. The van der Waals surface area contributed by atoms with Crippen molar-refractivity contribution in [3.8, 4) is 0 Å². The van der Waals surface area contributed by atoms with Gasteiger partial charge in [0.1, 0.15) is 0 Å². The average Bonchev–Trinajstić information content (AvgIpc) is 2.90. The third-order valence-electron chi connectivity index (χ3n) is 5.15. The minimum atomic E-state index is -0.486. The van der Waals surface area contributed by atoms with E-state index in [2.05, 4.69) is 6.92 Å². The fourth-order valence-electron chi connectivity index (χ4n) is 4.02. The highest BCUT2D eigenvalue weighted by atomic mass is 16.5. The standard InChI is InChI=1S/C14H22N2O3/c1-9-6-10-11(7-9)13(18)16(12(10)17)14(8-15)2-4-19-5-3-14/h9-11H,2-8,15H2,1H3.